The van der Waals surface area contributed by atoms with Gasteiger partial charge < -0.3 is 9.80 Å². The molecule has 1 aromatic rings. The van der Waals surface area contributed by atoms with Gasteiger partial charge in [0.15, 0.2) is 5.78 Å². The highest BCUT2D eigenvalue weighted by molar-refractivity contribution is 6.03. The second kappa shape index (κ2) is 4.44. The van der Waals surface area contributed by atoms with Gasteiger partial charge >= 0.3 is 6.18 Å². The van der Waals surface area contributed by atoms with E-state index in [0.717, 1.165) is 25.4 Å². The van der Waals surface area contributed by atoms with Gasteiger partial charge in [-0.25, -0.2) is 4.98 Å². The van der Waals surface area contributed by atoms with Crippen molar-refractivity contribution in [1.82, 2.24) is 9.88 Å². The number of anilines is 1. The van der Waals surface area contributed by atoms with Gasteiger partial charge in [-0.1, -0.05) is 0 Å². The Bertz CT molecular complexity index is 558. The maximum absolute atomic E-state index is 12.7. The molecule has 1 saturated heterocycles. The largest absolute Gasteiger partial charge is 0.417 e. The summed E-state index contributed by atoms with van der Waals surface area (Å²) in [5, 5.41) is 0. The van der Waals surface area contributed by atoms with Crippen molar-refractivity contribution in [2.45, 2.75) is 18.6 Å². The Labute approximate surface area is 114 Å². The van der Waals surface area contributed by atoms with Gasteiger partial charge in [0, 0.05) is 32.3 Å². The smallest absolute Gasteiger partial charge is 0.350 e. The number of carbonyl (C=O) groups is 1. The van der Waals surface area contributed by atoms with Crippen LogP contribution in [0.1, 0.15) is 22.3 Å². The standard InChI is InChI=1S/C13H14F3N3O/c1-18-2-3-19-9(7-18)5-11(20)10-4-8(13(14,15)16)6-17-12(10)19/h4,6,9H,2-3,5,7H2,1H3/t9-/m1/s1. The quantitative estimate of drug-likeness (QED) is 0.728. The van der Waals surface area contributed by atoms with Crippen LogP contribution in [0.15, 0.2) is 12.3 Å². The number of piperazine rings is 1. The van der Waals surface area contributed by atoms with Crippen molar-refractivity contribution in [2.24, 2.45) is 0 Å². The van der Waals surface area contributed by atoms with E-state index in [-0.39, 0.29) is 23.8 Å². The third-order valence-electron chi connectivity index (χ3n) is 3.87. The van der Waals surface area contributed by atoms with Crippen molar-refractivity contribution in [3.8, 4) is 0 Å². The van der Waals surface area contributed by atoms with Crippen molar-refractivity contribution in [2.75, 3.05) is 31.6 Å². The van der Waals surface area contributed by atoms with Gasteiger partial charge in [-0.2, -0.15) is 13.2 Å². The lowest BCUT2D eigenvalue weighted by atomic mass is 9.94. The number of hydrogen-bond donors (Lipinski definition) is 0. The van der Waals surface area contributed by atoms with E-state index in [1.807, 2.05) is 11.9 Å². The van der Waals surface area contributed by atoms with Crippen LogP contribution in [0.5, 0.6) is 0 Å². The molecule has 2 aliphatic heterocycles. The Kier molecular flexibility index (Phi) is 2.97. The zero-order chi connectivity index (χ0) is 14.5. The van der Waals surface area contributed by atoms with E-state index >= 15 is 0 Å². The molecule has 0 radical (unpaired) electrons. The second-order valence-corrected chi connectivity index (χ2v) is 5.33. The Morgan fingerprint density at radius 3 is 2.80 bits per heavy atom. The number of rotatable bonds is 0. The number of ketones is 1. The SMILES string of the molecule is CN1CCN2c3ncc(C(F)(F)F)cc3C(=O)C[C@@H]2C1. The molecule has 0 spiro atoms. The summed E-state index contributed by atoms with van der Waals surface area (Å²) in [5.74, 6) is 0.141. The average Bonchev–Trinajstić information content (AvgIpc) is 2.37. The van der Waals surface area contributed by atoms with Gasteiger partial charge in [0.1, 0.15) is 5.82 Å². The van der Waals surface area contributed by atoms with Gasteiger partial charge in [-0.15, -0.1) is 0 Å². The van der Waals surface area contributed by atoms with Crippen LogP contribution in [-0.2, 0) is 6.18 Å². The van der Waals surface area contributed by atoms with E-state index in [0.29, 0.717) is 12.4 Å². The first-order valence-electron chi connectivity index (χ1n) is 6.42. The lowest BCUT2D eigenvalue weighted by molar-refractivity contribution is -0.137. The van der Waals surface area contributed by atoms with E-state index in [4.69, 9.17) is 0 Å². The molecule has 0 aromatic carbocycles. The first-order chi connectivity index (χ1) is 9.36. The second-order valence-electron chi connectivity index (χ2n) is 5.33. The van der Waals surface area contributed by atoms with Crippen LogP contribution in [0.3, 0.4) is 0 Å². The Morgan fingerprint density at radius 2 is 2.10 bits per heavy atom. The molecule has 1 aromatic heterocycles. The van der Waals surface area contributed by atoms with Crippen molar-refractivity contribution in [3.05, 3.63) is 23.4 Å². The fourth-order valence-electron chi connectivity index (χ4n) is 2.83. The number of Topliss-reactive ketones (excluding diaryl/α,β-unsaturated/α-hetero) is 1. The van der Waals surface area contributed by atoms with Crippen molar-refractivity contribution in [1.29, 1.82) is 0 Å². The summed E-state index contributed by atoms with van der Waals surface area (Å²) in [4.78, 5) is 20.1. The molecule has 0 N–H and O–H groups in total. The molecular formula is C13H14F3N3O. The topological polar surface area (TPSA) is 36.4 Å². The Balaban J connectivity index is 2.01. The number of fused-ring (bicyclic) bond motifs is 3. The summed E-state index contributed by atoms with van der Waals surface area (Å²) in [5.41, 5.74) is -0.766. The molecule has 20 heavy (non-hydrogen) atoms. The molecule has 4 nitrogen and oxygen atoms in total. The highest BCUT2D eigenvalue weighted by Crippen LogP contribution is 2.35. The number of hydrogen-bond acceptors (Lipinski definition) is 4. The Hall–Kier alpha value is -1.63. The molecule has 0 aliphatic carbocycles. The first kappa shape index (κ1) is 13.4. The lowest BCUT2D eigenvalue weighted by Crippen LogP contribution is -2.55. The zero-order valence-corrected chi connectivity index (χ0v) is 10.9. The minimum atomic E-state index is -4.47. The van der Waals surface area contributed by atoms with Crippen LogP contribution >= 0.6 is 0 Å². The molecule has 3 rings (SSSR count). The van der Waals surface area contributed by atoms with Crippen molar-refractivity contribution >= 4 is 11.6 Å². The van der Waals surface area contributed by atoms with Crippen molar-refractivity contribution in [3.63, 3.8) is 0 Å². The fraction of sp³-hybridized carbons (Fsp3) is 0.538. The maximum Gasteiger partial charge on any atom is 0.417 e. The highest BCUT2D eigenvalue weighted by Gasteiger charge is 2.38. The molecule has 1 atom stereocenters. The monoisotopic (exact) mass is 285 g/mol. The van der Waals surface area contributed by atoms with E-state index in [1.165, 1.54) is 0 Å². The summed E-state index contributed by atoms with van der Waals surface area (Å²) in [7, 11) is 1.97. The summed E-state index contributed by atoms with van der Waals surface area (Å²) in [6, 6.07) is 0.942. The minimum Gasteiger partial charge on any atom is -0.350 e. The lowest BCUT2D eigenvalue weighted by Gasteiger charge is -2.43. The normalized spacial score (nSPS) is 23.5. The van der Waals surface area contributed by atoms with Crippen LogP contribution < -0.4 is 4.90 Å². The van der Waals surface area contributed by atoms with Gasteiger partial charge in [-0.3, -0.25) is 4.79 Å². The molecule has 1 fully saturated rings. The third kappa shape index (κ3) is 2.15. The number of aromatic nitrogens is 1. The summed E-state index contributed by atoms with van der Waals surface area (Å²) in [6.07, 6.45) is -3.41. The average molecular weight is 285 g/mol. The molecule has 0 bridgehead atoms. The van der Waals surface area contributed by atoms with Gasteiger partial charge in [0.25, 0.3) is 0 Å². The van der Waals surface area contributed by atoms with Crippen molar-refractivity contribution < 1.29 is 18.0 Å². The third-order valence-corrected chi connectivity index (χ3v) is 3.87. The zero-order valence-electron chi connectivity index (χ0n) is 10.9. The van der Waals surface area contributed by atoms with E-state index in [9.17, 15) is 18.0 Å². The van der Waals surface area contributed by atoms with Crippen LogP contribution in [-0.4, -0.2) is 48.4 Å². The van der Waals surface area contributed by atoms with E-state index in [1.54, 1.807) is 0 Å². The predicted octanol–water partition coefficient (Wildman–Crippen LogP) is 1.81. The molecule has 108 valence electrons. The molecular weight excluding hydrogens is 271 g/mol. The number of alkyl halides is 3. The molecule has 0 amide bonds. The predicted molar refractivity (Wildman–Crippen MR) is 66.8 cm³/mol. The van der Waals surface area contributed by atoms with Gasteiger partial charge in [0.05, 0.1) is 17.2 Å². The maximum atomic E-state index is 12.7. The van der Waals surface area contributed by atoms with E-state index < -0.39 is 11.7 Å². The number of halogens is 3. The first-order valence-corrected chi connectivity index (χ1v) is 6.42. The Morgan fingerprint density at radius 1 is 1.35 bits per heavy atom. The van der Waals surface area contributed by atoms with Gasteiger partial charge in [-0.05, 0) is 13.1 Å². The van der Waals surface area contributed by atoms with Crippen LogP contribution in [0.2, 0.25) is 0 Å². The van der Waals surface area contributed by atoms with E-state index in [2.05, 4.69) is 9.88 Å². The van der Waals surface area contributed by atoms with Crippen LogP contribution in [0, 0.1) is 0 Å². The minimum absolute atomic E-state index is 0.0120. The fourth-order valence-corrected chi connectivity index (χ4v) is 2.83. The number of likely N-dealkylation sites (N-methyl/N-ethyl adjacent to an activating group) is 1. The summed E-state index contributed by atoms with van der Waals surface area (Å²) >= 11 is 0. The molecule has 3 heterocycles. The molecule has 0 unspecified atom stereocenters. The molecule has 7 heteroatoms. The number of pyridine rings is 1. The molecule has 2 aliphatic rings. The van der Waals surface area contributed by atoms with Gasteiger partial charge in [0.2, 0.25) is 0 Å². The number of carbonyl (C=O) groups excluding carboxylic acids is 1. The highest BCUT2D eigenvalue weighted by atomic mass is 19.4. The summed E-state index contributed by atoms with van der Waals surface area (Å²) in [6.45, 7) is 2.22. The number of nitrogens with zero attached hydrogens (tertiary/aromatic N) is 3. The molecule has 0 saturated carbocycles. The van der Waals surface area contributed by atoms with Crippen LogP contribution in [0.25, 0.3) is 0 Å². The summed E-state index contributed by atoms with van der Waals surface area (Å²) < 4.78 is 38.1. The van der Waals surface area contributed by atoms with Crippen LogP contribution in [0.4, 0.5) is 19.0 Å².